The number of anilines is 2. The molecule has 2 N–H and O–H groups in total. The summed E-state index contributed by atoms with van der Waals surface area (Å²) in [5, 5.41) is 9.88. The molecule has 0 radical (unpaired) electrons. The van der Waals surface area contributed by atoms with Gasteiger partial charge in [-0.15, -0.1) is 5.10 Å². The van der Waals surface area contributed by atoms with Gasteiger partial charge in [0, 0.05) is 17.4 Å². The molecule has 0 saturated heterocycles. The van der Waals surface area contributed by atoms with Gasteiger partial charge in [-0.1, -0.05) is 6.07 Å². The van der Waals surface area contributed by atoms with E-state index in [4.69, 9.17) is 13.9 Å². The van der Waals surface area contributed by atoms with Crippen LogP contribution in [0.3, 0.4) is 0 Å². The molecule has 0 aliphatic carbocycles. The second kappa shape index (κ2) is 8.39. The number of aromatic nitrogens is 3. The lowest BCUT2D eigenvalue weighted by molar-refractivity contribution is 0.262. The Kier molecular flexibility index (Phi) is 5.33. The lowest BCUT2D eigenvalue weighted by Gasteiger charge is -2.10. The van der Waals surface area contributed by atoms with Gasteiger partial charge in [0.25, 0.3) is 0 Å². The molecule has 152 valence electrons. The van der Waals surface area contributed by atoms with Crippen molar-refractivity contribution in [2.24, 2.45) is 0 Å². The monoisotopic (exact) mass is 405 g/mol. The van der Waals surface area contributed by atoms with Crippen LogP contribution in [0.2, 0.25) is 0 Å². The number of ether oxygens (including phenoxy) is 2. The number of urea groups is 1. The van der Waals surface area contributed by atoms with Crippen molar-refractivity contribution in [3.05, 3.63) is 66.9 Å². The van der Waals surface area contributed by atoms with E-state index in [-0.39, 0.29) is 12.0 Å². The first-order valence-corrected chi connectivity index (χ1v) is 9.03. The predicted molar refractivity (Wildman–Crippen MR) is 111 cm³/mol. The number of rotatable bonds is 6. The Hall–Kier alpha value is -4.27. The van der Waals surface area contributed by atoms with Gasteiger partial charge in [0.1, 0.15) is 5.75 Å². The Labute approximate surface area is 172 Å². The average Bonchev–Trinajstić information content (AvgIpc) is 3.44. The summed E-state index contributed by atoms with van der Waals surface area (Å²) in [6, 6.07) is 17.7. The van der Waals surface area contributed by atoms with Crippen LogP contribution in [0.1, 0.15) is 0 Å². The summed E-state index contributed by atoms with van der Waals surface area (Å²) in [6.07, 6.45) is 1.56. The van der Waals surface area contributed by atoms with E-state index < -0.39 is 0 Å². The molecule has 2 heterocycles. The van der Waals surface area contributed by atoms with Crippen molar-refractivity contribution >= 4 is 17.4 Å². The van der Waals surface area contributed by atoms with Crippen LogP contribution < -0.4 is 20.1 Å². The van der Waals surface area contributed by atoms with E-state index in [2.05, 4.69) is 20.7 Å². The van der Waals surface area contributed by atoms with Gasteiger partial charge in [0.05, 0.1) is 26.2 Å². The molecule has 0 spiro atoms. The van der Waals surface area contributed by atoms with Gasteiger partial charge in [-0.25, -0.2) is 9.48 Å². The van der Waals surface area contributed by atoms with Crippen LogP contribution in [-0.2, 0) is 0 Å². The largest absolute Gasteiger partial charge is 0.497 e. The maximum absolute atomic E-state index is 12.3. The number of nitrogens with zero attached hydrogens (tertiary/aromatic N) is 3. The van der Waals surface area contributed by atoms with Gasteiger partial charge in [0.15, 0.2) is 5.76 Å². The number of methoxy groups -OCH3 is 2. The molecular formula is C21H19N5O4. The Bertz CT molecular complexity index is 1140. The molecule has 4 aromatic rings. The van der Waals surface area contributed by atoms with E-state index in [1.807, 2.05) is 12.1 Å². The first-order valence-electron chi connectivity index (χ1n) is 9.03. The molecule has 2 amide bonds. The fourth-order valence-corrected chi connectivity index (χ4v) is 2.81. The molecule has 0 aliphatic rings. The molecule has 9 heteroatoms. The smallest absolute Gasteiger partial charge is 0.336 e. The fourth-order valence-electron chi connectivity index (χ4n) is 2.81. The van der Waals surface area contributed by atoms with Crippen LogP contribution in [0.15, 0.2) is 71.3 Å². The standard InChI is InChI=1S/C21H19N5O4/c1-28-17-6-3-5-15(13-17)23-20(27)22-14-8-10-16(11-9-14)26-19(18-7-4-12-30-18)24-21(25-26)29-2/h3-13H,1-2H3,(H2,22,23,27). The zero-order valence-corrected chi connectivity index (χ0v) is 16.3. The number of furan rings is 1. The lowest BCUT2D eigenvalue weighted by atomic mass is 10.2. The van der Waals surface area contributed by atoms with Crippen LogP contribution in [0.5, 0.6) is 11.8 Å². The number of carbonyl (C=O) groups excluding carboxylic acids is 1. The zero-order chi connectivity index (χ0) is 20.9. The summed E-state index contributed by atoms with van der Waals surface area (Å²) in [4.78, 5) is 16.6. The van der Waals surface area contributed by atoms with E-state index >= 15 is 0 Å². The Morgan fingerprint density at radius 2 is 1.77 bits per heavy atom. The number of hydrogen-bond donors (Lipinski definition) is 2. The van der Waals surface area contributed by atoms with Gasteiger partial charge in [-0.2, -0.15) is 4.98 Å². The first-order chi connectivity index (χ1) is 14.7. The number of nitrogens with one attached hydrogen (secondary N) is 2. The first kappa shape index (κ1) is 19.1. The fraction of sp³-hybridized carbons (Fsp3) is 0.0952. The van der Waals surface area contributed by atoms with Crippen molar-refractivity contribution in [2.75, 3.05) is 24.9 Å². The van der Waals surface area contributed by atoms with E-state index in [1.165, 1.54) is 7.11 Å². The van der Waals surface area contributed by atoms with Gasteiger partial charge in [-0.05, 0) is 48.5 Å². The highest BCUT2D eigenvalue weighted by Crippen LogP contribution is 2.24. The van der Waals surface area contributed by atoms with Crippen LogP contribution in [0, 0.1) is 0 Å². The Morgan fingerprint density at radius 1 is 0.967 bits per heavy atom. The average molecular weight is 405 g/mol. The van der Waals surface area contributed by atoms with Crippen molar-refractivity contribution in [1.29, 1.82) is 0 Å². The van der Waals surface area contributed by atoms with Crippen molar-refractivity contribution < 1.29 is 18.7 Å². The highest BCUT2D eigenvalue weighted by molar-refractivity contribution is 5.99. The Balaban J connectivity index is 1.49. The van der Waals surface area contributed by atoms with Crippen LogP contribution in [-0.4, -0.2) is 35.0 Å². The van der Waals surface area contributed by atoms with Crippen molar-refractivity contribution in [3.8, 4) is 29.0 Å². The molecule has 0 aliphatic heterocycles. The normalized spacial score (nSPS) is 10.5. The number of amides is 2. The van der Waals surface area contributed by atoms with E-state index in [9.17, 15) is 4.79 Å². The number of benzene rings is 2. The highest BCUT2D eigenvalue weighted by atomic mass is 16.5. The molecule has 0 saturated carbocycles. The molecular weight excluding hydrogens is 386 g/mol. The minimum Gasteiger partial charge on any atom is -0.497 e. The maximum atomic E-state index is 12.3. The molecule has 9 nitrogen and oxygen atoms in total. The summed E-state index contributed by atoms with van der Waals surface area (Å²) in [5.74, 6) is 1.73. The minimum atomic E-state index is -0.366. The van der Waals surface area contributed by atoms with Gasteiger partial charge in [0.2, 0.25) is 5.82 Å². The maximum Gasteiger partial charge on any atom is 0.336 e. The molecule has 0 unspecified atom stereocenters. The SMILES string of the molecule is COc1cccc(NC(=O)Nc2ccc(-n3nc(OC)nc3-c3ccco3)cc2)c1. The van der Waals surface area contributed by atoms with E-state index in [1.54, 1.807) is 66.6 Å². The summed E-state index contributed by atoms with van der Waals surface area (Å²) in [5.41, 5.74) is 1.97. The topological polar surface area (TPSA) is 103 Å². The molecule has 0 atom stereocenters. The van der Waals surface area contributed by atoms with Gasteiger partial charge in [-0.3, -0.25) is 0 Å². The number of carbonyl (C=O) groups is 1. The second-order valence-electron chi connectivity index (χ2n) is 6.17. The molecule has 2 aromatic carbocycles. The quantitative estimate of drug-likeness (QED) is 0.499. The van der Waals surface area contributed by atoms with E-state index in [0.29, 0.717) is 28.7 Å². The van der Waals surface area contributed by atoms with Crippen LogP contribution in [0.4, 0.5) is 16.2 Å². The summed E-state index contributed by atoms with van der Waals surface area (Å²) >= 11 is 0. The third kappa shape index (κ3) is 4.09. The van der Waals surface area contributed by atoms with E-state index in [0.717, 1.165) is 5.69 Å². The van der Waals surface area contributed by atoms with Crippen LogP contribution >= 0.6 is 0 Å². The lowest BCUT2D eigenvalue weighted by Crippen LogP contribution is -2.19. The van der Waals surface area contributed by atoms with Crippen molar-refractivity contribution in [2.45, 2.75) is 0 Å². The van der Waals surface area contributed by atoms with Crippen molar-refractivity contribution in [1.82, 2.24) is 14.8 Å². The number of hydrogen-bond acceptors (Lipinski definition) is 6. The summed E-state index contributed by atoms with van der Waals surface area (Å²) in [6.45, 7) is 0. The van der Waals surface area contributed by atoms with Crippen molar-refractivity contribution in [3.63, 3.8) is 0 Å². The second-order valence-corrected chi connectivity index (χ2v) is 6.17. The summed E-state index contributed by atoms with van der Waals surface area (Å²) in [7, 11) is 3.07. The molecule has 4 rings (SSSR count). The molecule has 0 fully saturated rings. The summed E-state index contributed by atoms with van der Waals surface area (Å²) < 4.78 is 17.3. The minimum absolute atomic E-state index is 0.223. The molecule has 0 bridgehead atoms. The molecule has 30 heavy (non-hydrogen) atoms. The van der Waals surface area contributed by atoms with Gasteiger partial charge < -0.3 is 24.5 Å². The zero-order valence-electron chi connectivity index (χ0n) is 16.3. The Morgan fingerprint density at radius 3 is 2.47 bits per heavy atom. The highest BCUT2D eigenvalue weighted by Gasteiger charge is 2.16. The third-order valence-corrected chi connectivity index (χ3v) is 4.21. The van der Waals surface area contributed by atoms with Gasteiger partial charge >= 0.3 is 12.0 Å². The predicted octanol–water partition coefficient (Wildman–Crippen LogP) is 4.19. The van der Waals surface area contributed by atoms with Crippen LogP contribution in [0.25, 0.3) is 17.3 Å². The molecule has 2 aromatic heterocycles. The third-order valence-electron chi connectivity index (χ3n) is 4.21.